The van der Waals surface area contributed by atoms with Gasteiger partial charge in [0.05, 0.1) is 22.4 Å². The van der Waals surface area contributed by atoms with Crippen LogP contribution >= 0.6 is 23.2 Å². The minimum atomic E-state index is -1.04. The van der Waals surface area contributed by atoms with Gasteiger partial charge in [0.1, 0.15) is 6.04 Å². The molecule has 3 N–H and O–H groups in total. The summed E-state index contributed by atoms with van der Waals surface area (Å²) in [6.07, 6.45) is -0.0566. The van der Waals surface area contributed by atoms with E-state index in [4.69, 9.17) is 28.0 Å². The Morgan fingerprint density at radius 2 is 1.97 bits per heavy atom. The van der Waals surface area contributed by atoms with Crippen molar-refractivity contribution in [2.24, 2.45) is 5.16 Å². The highest BCUT2D eigenvalue weighted by Gasteiger charge is 2.26. The van der Waals surface area contributed by atoms with Crippen molar-refractivity contribution in [1.82, 2.24) is 10.6 Å². The molecule has 32 heavy (non-hydrogen) atoms. The number of aliphatic hydroxyl groups excluding tert-OH is 1. The zero-order chi connectivity index (χ0) is 23.4. The summed E-state index contributed by atoms with van der Waals surface area (Å²) in [6.45, 7) is 3.38. The zero-order valence-electron chi connectivity index (χ0n) is 17.4. The average Bonchev–Trinajstić information content (AvgIpc) is 3.25. The van der Waals surface area contributed by atoms with Gasteiger partial charge < -0.3 is 20.6 Å². The molecule has 1 heterocycles. The minimum Gasteiger partial charge on any atom is -0.394 e. The van der Waals surface area contributed by atoms with E-state index in [0.717, 1.165) is 5.56 Å². The van der Waals surface area contributed by atoms with E-state index < -0.39 is 36.4 Å². The number of rotatable bonds is 7. The first-order valence-corrected chi connectivity index (χ1v) is 10.7. The SMILES string of the molecule is CCNC(=O)C(CO)NC(=O)c1ccc(C2=NOC(c3cc(Cl)c(F)c(Cl)c3)C2)cc1C. The summed E-state index contributed by atoms with van der Waals surface area (Å²) in [6, 6.07) is 6.99. The van der Waals surface area contributed by atoms with Crippen molar-refractivity contribution < 1.29 is 23.9 Å². The van der Waals surface area contributed by atoms with Crippen LogP contribution in [0.25, 0.3) is 0 Å². The smallest absolute Gasteiger partial charge is 0.252 e. The number of aryl methyl sites for hydroxylation is 1. The molecule has 0 spiro atoms. The van der Waals surface area contributed by atoms with Gasteiger partial charge in [-0.25, -0.2) is 4.39 Å². The Hall–Kier alpha value is -2.68. The van der Waals surface area contributed by atoms with Crippen LogP contribution in [-0.2, 0) is 9.63 Å². The lowest BCUT2D eigenvalue weighted by atomic mass is 9.97. The molecule has 7 nitrogen and oxygen atoms in total. The van der Waals surface area contributed by atoms with Gasteiger partial charge in [-0.2, -0.15) is 0 Å². The van der Waals surface area contributed by atoms with E-state index >= 15 is 0 Å². The van der Waals surface area contributed by atoms with Crippen molar-refractivity contribution >= 4 is 40.7 Å². The number of halogens is 3. The van der Waals surface area contributed by atoms with Crippen molar-refractivity contribution in [2.75, 3.05) is 13.2 Å². The van der Waals surface area contributed by atoms with Gasteiger partial charge in [0.15, 0.2) is 11.9 Å². The van der Waals surface area contributed by atoms with Crippen molar-refractivity contribution in [1.29, 1.82) is 0 Å². The minimum absolute atomic E-state index is 0.0930. The molecule has 2 atom stereocenters. The van der Waals surface area contributed by atoms with Crippen molar-refractivity contribution in [3.63, 3.8) is 0 Å². The van der Waals surface area contributed by atoms with E-state index in [2.05, 4.69) is 15.8 Å². The van der Waals surface area contributed by atoms with Crippen LogP contribution in [0.2, 0.25) is 10.0 Å². The fourth-order valence-electron chi connectivity index (χ4n) is 3.31. The molecule has 0 saturated heterocycles. The van der Waals surface area contributed by atoms with Gasteiger partial charge in [-0.15, -0.1) is 0 Å². The lowest BCUT2D eigenvalue weighted by Gasteiger charge is -2.16. The quantitative estimate of drug-likeness (QED) is 0.526. The van der Waals surface area contributed by atoms with Crippen molar-refractivity contribution in [3.05, 3.63) is 68.4 Å². The summed E-state index contributed by atoms with van der Waals surface area (Å²) in [5.74, 6) is -1.61. The molecule has 0 aromatic heterocycles. The van der Waals surface area contributed by atoms with E-state index in [1.807, 2.05) is 0 Å². The summed E-state index contributed by atoms with van der Waals surface area (Å²) < 4.78 is 13.7. The third kappa shape index (κ3) is 5.20. The maximum atomic E-state index is 13.7. The maximum Gasteiger partial charge on any atom is 0.252 e. The third-order valence-electron chi connectivity index (χ3n) is 5.01. The van der Waals surface area contributed by atoms with E-state index in [1.54, 1.807) is 32.0 Å². The summed E-state index contributed by atoms with van der Waals surface area (Å²) in [7, 11) is 0. The Kier molecular flexibility index (Phi) is 7.71. The highest BCUT2D eigenvalue weighted by Crippen LogP contribution is 2.34. The molecule has 10 heteroatoms. The number of hydrogen-bond donors (Lipinski definition) is 3. The standard InChI is InChI=1S/C22H22Cl2FN3O4/c1-3-26-22(31)18(10-29)27-21(30)14-5-4-12(6-11(14)2)17-9-19(32-28-17)13-7-15(23)20(25)16(24)8-13/h4-8,18-19,29H,3,9-10H2,1-2H3,(H,26,31)(H,27,30). The monoisotopic (exact) mass is 481 g/mol. The Labute approximate surface area is 194 Å². The third-order valence-corrected chi connectivity index (χ3v) is 5.56. The van der Waals surface area contributed by atoms with Crippen LogP contribution in [-0.4, -0.2) is 41.8 Å². The molecule has 2 unspecified atom stereocenters. The molecule has 1 aliphatic rings. The second-order valence-electron chi connectivity index (χ2n) is 7.27. The number of likely N-dealkylation sites (N-methyl/N-ethyl adjacent to an activating group) is 1. The molecule has 1 aliphatic heterocycles. The molecular weight excluding hydrogens is 460 g/mol. The lowest BCUT2D eigenvalue weighted by molar-refractivity contribution is -0.123. The molecule has 2 aromatic carbocycles. The zero-order valence-corrected chi connectivity index (χ0v) is 18.9. The first-order chi connectivity index (χ1) is 15.2. The second kappa shape index (κ2) is 10.3. The number of benzene rings is 2. The van der Waals surface area contributed by atoms with E-state index in [-0.39, 0.29) is 10.0 Å². The fourth-order valence-corrected chi connectivity index (χ4v) is 3.82. The number of carbonyl (C=O) groups excluding carboxylic acids is 2. The normalized spacial score (nSPS) is 16.2. The second-order valence-corrected chi connectivity index (χ2v) is 8.08. The summed E-state index contributed by atoms with van der Waals surface area (Å²) in [5.41, 5.74) is 3.03. The van der Waals surface area contributed by atoms with E-state index in [0.29, 0.717) is 35.4 Å². The molecular formula is C22H22Cl2FN3O4. The number of aliphatic hydroxyl groups is 1. The van der Waals surface area contributed by atoms with Crippen LogP contribution in [0.5, 0.6) is 0 Å². The number of nitrogens with one attached hydrogen (secondary N) is 2. The Balaban J connectivity index is 1.71. The molecule has 0 bridgehead atoms. The summed E-state index contributed by atoms with van der Waals surface area (Å²) >= 11 is 11.7. The summed E-state index contributed by atoms with van der Waals surface area (Å²) in [4.78, 5) is 30.0. The van der Waals surface area contributed by atoms with Gasteiger partial charge in [0.2, 0.25) is 5.91 Å². The van der Waals surface area contributed by atoms with Crippen LogP contribution in [0, 0.1) is 12.7 Å². The highest BCUT2D eigenvalue weighted by molar-refractivity contribution is 6.35. The van der Waals surface area contributed by atoms with Crippen molar-refractivity contribution in [2.45, 2.75) is 32.4 Å². The van der Waals surface area contributed by atoms with E-state index in [1.165, 1.54) is 12.1 Å². The van der Waals surface area contributed by atoms with Gasteiger partial charge in [0.25, 0.3) is 5.91 Å². The number of amides is 2. The summed E-state index contributed by atoms with van der Waals surface area (Å²) in [5, 5.41) is 18.4. The average molecular weight is 482 g/mol. The lowest BCUT2D eigenvalue weighted by Crippen LogP contribution is -2.49. The molecule has 0 saturated carbocycles. The van der Waals surface area contributed by atoms with Gasteiger partial charge in [-0.1, -0.05) is 34.4 Å². The molecule has 0 fully saturated rings. The van der Waals surface area contributed by atoms with Gasteiger partial charge in [0, 0.05) is 18.5 Å². The number of carbonyl (C=O) groups is 2. The van der Waals surface area contributed by atoms with Crippen molar-refractivity contribution in [3.8, 4) is 0 Å². The van der Waals surface area contributed by atoms with Gasteiger partial charge >= 0.3 is 0 Å². The Morgan fingerprint density at radius 3 is 2.56 bits per heavy atom. The first kappa shape index (κ1) is 24.0. The largest absolute Gasteiger partial charge is 0.394 e. The molecule has 3 rings (SSSR count). The predicted molar refractivity (Wildman–Crippen MR) is 120 cm³/mol. The fraction of sp³-hybridized carbons (Fsp3) is 0.318. The van der Waals surface area contributed by atoms with Gasteiger partial charge in [-0.05, 0) is 54.8 Å². The number of hydrogen-bond acceptors (Lipinski definition) is 5. The van der Waals surface area contributed by atoms with Crippen LogP contribution in [0.3, 0.4) is 0 Å². The molecule has 0 radical (unpaired) electrons. The number of oxime groups is 1. The molecule has 2 aromatic rings. The maximum absolute atomic E-state index is 13.7. The van der Waals surface area contributed by atoms with Crippen LogP contribution in [0.1, 0.15) is 46.5 Å². The van der Waals surface area contributed by atoms with E-state index in [9.17, 15) is 19.1 Å². The Bertz CT molecular complexity index is 1050. The molecule has 0 aliphatic carbocycles. The first-order valence-electron chi connectivity index (χ1n) is 9.92. The molecule has 170 valence electrons. The van der Waals surface area contributed by atoms with Crippen LogP contribution < -0.4 is 10.6 Å². The topological polar surface area (TPSA) is 100 Å². The molecule has 2 amide bonds. The Morgan fingerprint density at radius 1 is 1.28 bits per heavy atom. The predicted octanol–water partition coefficient (Wildman–Crippen LogP) is 3.53. The van der Waals surface area contributed by atoms with Crippen LogP contribution in [0.15, 0.2) is 35.5 Å². The number of nitrogens with zero attached hydrogens (tertiary/aromatic N) is 1. The highest BCUT2D eigenvalue weighted by atomic mass is 35.5. The van der Waals surface area contributed by atoms with Gasteiger partial charge in [-0.3, -0.25) is 9.59 Å². The van der Waals surface area contributed by atoms with Crippen LogP contribution in [0.4, 0.5) is 4.39 Å².